The van der Waals surface area contributed by atoms with E-state index in [4.69, 9.17) is 4.98 Å². The van der Waals surface area contributed by atoms with Crippen LogP contribution in [0.3, 0.4) is 0 Å². The van der Waals surface area contributed by atoms with Gasteiger partial charge >= 0.3 is 0 Å². The van der Waals surface area contributed by atoms with Gasteiger partial charge in [0.15, 0.2) is 0 Å². The molecule has 0 amide bonds. The zero-order valence-corrected chi connectivity index (χ0v) is 30.7. The number of rotatable bonds is 6. The van der Waals surface area contributed by atoms with Crippen LogP contribution in [0.4, 0.5) is 17.1 Å². The van der Waals surface area contributed by atoms with Crippen LogP contribution >= 0.6 is 11.3 Å². The second-order valence-electron chi connectivity index (χ2n) is 14.3. The van der Waals surface area contributed by atoms with E-state index >= 15 is 0 Å². The first-order valence-electron chi connectivity index (χ1n) is 18.8. The highest BCUT2D eigenvalue weighted by Gasteiger charge is 2.46. The number of hydrogen-bond acceptors (Lipinski definition) is 3. The monoisotopic (exact) mass is 718 g/mol. The van der Waals surface area contributed by atoms with Gasteiger partial charge in [-0.15, -0.1) is 11.3 Å². The Morgan fingerprint density at radius 3 is 1.87 bits per heavy atom. The molecule has 10 aromatic rings. The first kappa shape index (κ1) is 31.7. The fraction of sp³-hybridized carbons (Fsp3) is 0.0192. The van der Waals surface area contributed by atoms with Gasteiger partial charge in [0.1, 0.15) is 0 Å². The second-order valence-corrected chi connectivity index (χ2v) is 15.3. The summed E-state index contributed by atoms with van der Waals surface area (Å²) < 4.78 is 2.47. The molecule has 0 saturated heterocycles. The van der Waals surface area contributed by atoms with Crippen LogP contribution in [0.25, 0.3) is 53.2 Å². The van der Waals surface area contributed by atoms with Crippen LogP contribution in [0, 0.1) is 0 Å². The molecule has 1 aliphatic rings. The van der Waals surface area contributed by atoms with Gasteiger partial charge in [0.25, 0.3) is 0 Å². The van der Waals surface area contributed by atoms with Gasteiger partial charge in [-0.3, -0.25) is 4.98 Å². The molecule has 0 saturated carbocycles. The smallest absolute Gasteiger partial charge is 0.0825 e. The van der Waals surface area contributed by atoms with Crippen molar-refractivity contribution in [1.82, 2.24) is 4.98 Å². The predicted molar refractivity (Wildman–Crippen MR) is 232 cm³/mol. The molecule has 11 rings (SSSR count). The topological polar surface area (TPSA) is 16.1 Å². The molecule has 2 nitrogen and oxygen atoms in total. The molecule has 0 bridgehead atoms. The van der Waals surface area contributed by atoms with Crippen LogP contribution in [-0.4, -0.2) is 4.98 Å². The van der Waals surface area contributed by atoms with Crippen molar-refractivity contribution >= 4 is 59.3 Å². The van der Waals surface area contributed by atoms with Gasteiger partial charge in [0.05, 0.1) is 27.7 Å². The number of fused-ring (bicyclic) bond motifs is 8. The highest BCUT2D eigenvalue weighted by atomic mass is 32.1. The lowest BCUT2D eigenvalue weighted by atomic mass is 9.67. The van der Waals surface area contributed by atoms with Crippen LogP contribution in [0.2, 0.25) is 0 Å². The molecule has 0 atom stereocenters. The molecule has 2 heterocycles. The van der Waals surface area contributed by atoms with Crippen molar-refractivity contribution < 1.29 is 0 Å². The maximum atomic E-state index is 5.01. The van der Waals surface area contributed by atoms with Crippen molar-refractivity contribution in [2.24, 2.45) is 0 Å². The van der Waals surface area contributed by atoms with E-state index in [1.807, 2.05) is 11.3 Å². The maximum absolute atomic E-state index is 5.01. The van der Waals surface area contributed by atoms with Crippen molar-refractivity contribution in [3.05, 3.63) is 229 Å². The molecule has 0 N–H and O–H groups in total. The summed E-state index contributed by atoms with van der Waals surface area (Å²) in [5.41, 5.74) is 12.7. The zero-order valence-electron chi connectivity index (χ0n) is 29.9. The molecular weight excluding hydrogens is 685 g/mol. The molecule has 258 valence electrons. The summed E-state index contributed by atoms with van der Waals surface area (Å²) in [7, 11) is 0. The van der Waals surface area contributed by atoms with Gasteiger partial charge in [0.2, 0.25) is 0 Å². The Hall–Kier alpha value is -6.81. The Kier molecular flexibility index (Phi) is 7.29. The third-order valence-corrected chi connectivity index (χ3v) is 12.6. The molecular formula is C52H34N2S. The molecule has 8 aromatic carbocycles. The summed E-state index contributed by atoms with van der Waals surface area (Å²) >= 11 is 1.85. The quantitative estimate of drug-likeness (QED) is 0.170. The first-order chi connectivity index (χ1) is 27.3. The molecule has 2 aromatic heterocycles. The largest absolute Gasteiger partial charge is 0.307 e. The first-order valence-corrected chi connectivity index (χ1v) is 19.6. The number of aromatic nitrogens is 1. The van der Waals surface area contributed by atoms with Crippen LogP contribution in [0.1, 0.15) is 22.3 Å². The van der Waals surface area contributed by atoms with Gasteiger partial charge < -0.3 is 4.90 Å². The Balaban J connectivity index is 1.24. The number of anilines is 3. The normalized spacial score (nSPS) is 12.9. The van der Waals surface area contributed by atoms with Crippen molar-refractivity contribution in [3.8, 4) is 22.3 Å². The lowest BCUT2D eigenvalue weighted by Crippen LogP contribution is -2.28. The molecule has 55 heavy (non-hydrogen) atoms. The van der Waals surface area contributed by atoms with Crippen molar-refractivity contribution in [3.63, 3.8) is 0 Å². The molecule has 3 heteroatoms. The summed E-state index contributed by atoms with van der Waals surface area (Å²) in [6.07, 6.45) is 4.12. The maximum Gasteiger partial charge on any atom is 0.0825 e. The molecule has 0 aliphatic heterocycles. The van der Waals surface area contributed by atoms with E-state index in [2.05, 4.69) is 211 Å². The molecule has 0 spiro atoms. The van der Waals surface area contributed by atoms with Crippen LogP contribution in [-0.2, 0) is 5.41 Å². The second kappa shape index (κ2) is 12.7. The SMILES string of the molecule is c1ccc(-c2ccccc2N(c2ccc3c(c2)C(c2ccccc2)(c2ccccc2)c2ccccc2-3)c2cncc3c2sc2ccc4ccccc4c23)cc1. The van der Waals surface area contributed by atoms with E-state index in [9.17, 15) is 0 Å². The van der Waals surface area contributed by atoms with Crippen LogP contribution < -0.4 is 4.90 Å². The average molecular weight is 719 g/mol. The fourth-order valence-corrected chi connectivity index (χ4v) is 10.3. The minimum Gasteiger partial charge on any atom is -0.307 e. The van der Waals surface area contributed by atoms with E-state index in [1.165, 1.54) is 69.9 Å². The number of thiophene rings is 1. The summed E-state index contributed by atoms with van der Waals surface area (Å²) in [6.45, 7) is 0. The van der Waals surface area contributed by atoms with E-state index in [0.29, 0.717) is 0 Å². The van der Waals surface area contributed by atoms with Gasteiger partial charge in [-0.25, -0.2) is 0 Å². The van der Waals surface area contributed by atoms with E-state index in [-0.39, 0.29) is 0 Å². The number of hydrogen-bond donors (Lipinski definition) is 0. The Bertz CT molecular complexity index is 3000. The van der Waals surface area contributed by atoms with E-state index in [1.54, 1.807) is 0 Å². The van der Waals surface area contributed by atoms with E-state index in [0.717, 1.165) is 22.6 Å². The number of nitrogens with zero attached hydrogens (tertiary/aromatic N) is 2. The number of para-hydroxylation sites is 1. The molecule has 0 fully saturated rings. The standard InChI is InChI=1S/C52H34N2S/c1-4-16-35(17-5-1)40-23-13-15-27-47(40)54(48-34-53-33-44-50-41-24-11-10-18-36(41)28-31-49(50)55-51(44)48)39-29-30-43-42-25-12-14-26-45(42)52(46(43)32-39,37-19-6-2-7-20-37)38-21-8-3-9-22-38/h1-34H. The highest BCUT2D eigenvalue weighted by molar-refractivity contribution is 7.26. The summed E-state index contributed by atoms with van der Waals surface area (Å²) in [6, 6.07) is 70.9. The van der Waals surface area contributed by atoms with E-state index < -0.39 is 5.41 Å². The number of pyridine rings is 1. The average Bonchev–Trinajstić information content (AvgIpc) is 3.80. The lowest BCUT2D eigenvalue weighted by Gasteiger charge is -2.35. The van der Waals surface area contributed by atoms with Crippen molar-refractivity contribution in [2.75, 3.05) is 4.90 Å². The Morgan fingerprint density at radius 2 is 1.09 bits per heavy atom. The zero-order chi connectivity index (χ0) is 36.3. The molecule has 0 unspecified atom stereocenters. The third kappa shape index (κ3) is 4.77. The summed E-state index contributed by atoms with van der Waals surface area (Å²) in [5.74, 6) is 0. The third-order valence-electron chi connectivity index (χ3n) is 11.4. The van der Waals surface area contributed by atoms with Gasteiger partial charge in [-0.1, -0.05) is 170 Å². The number of benzene rings is 8. The fourth-order valence-electron chi connectivity index (χ4n) is 9.12. The molecule has 1 aliphatic carbocycles. The van der Waals surface area contributed by atoms with Gasteiger partial charge in [-0.05, 0) is 74.0 Å². The predicted octanol–water partition coefficient (Wildman–Crippen LogP) is 14.1. The summed E-state index contributed by atoms with van der Waals surface area (Å²) in [5, 5.41) is 4.93. The van der Waals surface area contributed by atoms with Crippen LogP contribution in [0.5, 0.6) is 0 Å². The summed E-state index contributed by atoms with van der Waals surface area (Å²) in [4.78, 5) is 7.47. The Labute approximate surface area is 324 Å². The van der Waals surface area contributed by atoms with Gasteiger partial charge in [-0.2, -0.15) is 0 Å². The lowest BCUT2D eigenvalue weighted by molar-refractivity contribution is 0.768. The Morgan fingerprint density at radius 1 is 0.455 bits per heavy atom. The minimum atomic E-state index is -0.518. The van der Waals surface area contributed by atoms with Crippen molar-refractivity contribution in [2.45, 2.75) is 5.41 Å². The van der Waals surface area contributed by atoms with Crippen LogP contribution in [0.15, 0.2) is 207 Å². The highest BCUT2D eigenvalue weighted by Crippen LogP contribution is 2.58. The van der Waals surface area contributed by atoms with Crippen molar-refractivity contribution in [1.29, 1.82) is 0 Å². The van der Waals surface area contributed by atoms with Gasteiger partial charge in [0, 0.05) is 32.9 Å². The minimum absolute atomic E-state index is 0.518. The molecule has 0 radical (unpaired) electrons.